The summed E-state index contributed by atoms with van der Waals surface area (Å²) in [6, 6.07) is 10.5. The van der Waals surface area contributed by atoms with Gasteiger partial charge in [-0.15, -0.1) is 11.3 Å². The third kappa shape index (κ3) is 4.20. The molecule has 0 N–H and O–H groups in total. The van der Waals surface area contributed by atoms with Gasteiger partial charge in [-0.1, -0.05) is 56.0 Å². The zero-order valence-corrected chi connectivity index (χ0v) is 14.5. The van der Waals surface area contributed by atoms with E-state index in [1.807, 2.05) is 13.0 Å². The van der Waals surface area contributed by atoms with Crippen LogP contribution in [0.2, 0.25) is 0 Å². The molecule has 1 aliphatic carbocycles. The summed E-state index contributed by atoms with van der Waals surface area (Å²) in [5, 5.41) is 0.978. The molecule has 0 atom stereocenters. The first-order valence-electron chi connectivity index (χ1n) is 8.47. The van der Waals surface area contributed by atoms with Crippen LogP contribution in [0.5, 0.6) is 0 Å². The van der Waals surface area contributed by atoms with Crippen LogP contribution >= 0.6 is 11.3 Å². The van der Waals surface area contributed by atoms with Gasteiger partial charge in [0.2, 0.25) is 0 Å². The molecule has 1 aliphatic rings. The van der Waals surface area contributed by atoms with Gasteiger partial charge in [0.25, 0.3) is 0 Å². The van der Waals surface area contributed by atoms with Gasteiger partial charge in [0.1, 0.15) is 5.69 Å². The molecule has 1 saturated carbocycles. The van der Waals surface area contributed by atoms with Gasteiger partial charge in [0, 0.05) is 18.0 Å². The summed E-state index contributed by atoms with van der Waals surface area (Å²) in [5.41, 5.74) is 1.88. The Kier molecular flexibility index (Phi) is 5.44. The van der Waals surface area contributed by atoms with E-state index < -0.39 is 0 Å². The predicted molar refractivity (Wildman–Crippen MR) is 96.3 cm³/mol. The summed E-state index contributed by atoms with van der Waals surface area (Å²) < 4.78 is 0. The van der Waals surface area contributed by atoms with Crippen LogP contribution < -0.4 is 4.90 Å². The van der Waals surface area contributed by atoms with E-state index in [0.717, 1.165) is 35.3 Å². The van der Waals surface area contributed by atoms with Crippen molar-refractivity contribution in [3.63, 3.8) is 0 Å². The Morgan fingerprint density at radius 2 is 2.00 bits per heavy atom. The molecule has 1 aromatic heterocycles. The Hall–Kier alpha value is -1.68. The molecule has 4 heteroatoms. The molecule has 0 aliphatic heterocycles. The molecule has 0 spiro atoms. The first-order chi connectivity index (χ1) is 11.3. The monoisotopic (exact) mass is 328 g/mol. The number of aldehydes is 1. The third-order valence-electron chi connectivity index (χ3n) is 4.70. The summed E-state index contributed by atoms with van der Waals surface area (Å²) in [4.78, 5) is 19.0. The summed E-state index contributed by atoms with van der Waals surface area (Å²) in [6.07, 6.45) is 7.60. The smallest absolute Gasteiger partial charge is 0.186 e. The molecule has 3 rings (SSSR count). The maximum absolute atomic E-state index is 11.1. The number of hydrogen-bond acceptors (Lipinski definition) is 4. The largest absolute Gasteiger partial charge is 0.344 e. The number of nitrogens with zero attached hydrogens (tertiary/aromatic N) is 2. The highest BCUT2D eigenvalue weighted by Gasteiger charge is 2.19. The summed E-state index contributed by atoms with van der Waals surface area (Å²) >= 11 is 1.63. The fourth-order valence-corrected chi connectivity index (χ4v) is 4.22. The van der Waals surface area contributed by atoms with Crippen LogP contribution in [0.1, 0.15) is 53.0 Å². The van der Waals surface area contributed by atoms with E-state index in [1.165, 1.54) is 37.7 Å². The predicted octanol–water partition coefficient (Wildman–Crippen LogP) is 4.85. The number of aromatic nitrogens is 1. The zero-order chi connectivity index (χ0) is 16.1. The lowest BCUT2D eigenvalue weighted by atomic mass is 10.0. The molecular formula is C19H24N2OS. The molecule has 0 saturated heterocycles. The van der Waals surface area contributed by atoms with Gasteiger partial charge >= 0.3 is 0 Å². The molecule has 0 bridgehead atoms. The minimum absolute atomic E-state index is 0.587. The van der Waals surface area contributed by atoms with Gasteiger partial charge in [0.05, 0.1) is 0 Å². The Morgan fingerprint density at radius 1 is 1.26 bits per heavy atom. The molecular weight excluding hydrogens is 304 g/mol. The normalized spacial score (nSPS) is 15.0. The SMILES string of the molecule is Cc1sc(N(CCC2CCCC2)Cc2ccccc2)nc1C=O. The van der Waals surface area contributed by atoms with E-state index in [0.29, 0.717) is 5.69 Å². The van der Waals surface area contributed by atoms with Crippen molar-refractivity contribution in [2.75, 3.05) is 11.4 Å². The van der Waals surface area contributed by atoms with Crippen molar-refractivity contribution in [3.05, 3.63) is 46.5 Å². The molecule has 1 fully saturated rings. The lowest BCUT2D eigenvalue weighted by Gasteiger charge is -2.23. The molecule has 3 nitrogen and oxygen atoms in total. The van der Waals surface area contributed by atoms with E-state index in [1.54, 1.807) is 11.3 Å². The van der Waals surface area contributed by atoms with Crippen LogP contribution in [0.15, 0.2) is 30.3 Å². The van der Waals surface area contributed by atoms with Crippen molar-refractivity contribution in [3.8, 4) is 0 Å². The lowest BCUT2D eigenvalue weighted by molar-refractivity contribution is 0.111. The van der Waals surface area contributed by atoms with Gasteiger partial charge in [-0.05, 0) is 24.8 Å². The van der Waals surface area contributed by atoms with Gasteiger partial charge in [0.15, 0.2) is 11.4 Å². The Labute approximate surface area is 142 Å². The van der Waals surface area contributed by atoms with Crippen molar-refractivity contribution in [1.29, 1.82) is 0 Å². The van der Waals surface area contributed by atoms with Gasteiger partial charge < -0.3 is 4.90 Å². The standard InChI is InChI=1S/C19H24N2OS/c1-15-18(14-22)20-19(23-15)21(12-11-16-7-5-6-8-16)13-17-9-3-2-4-10-17/h2-4,9-10,14,16H,5-8,11-13H2,1H3. The first kappa shape index (κ1) is 16.2. The molecule has 23 heavy (non-hydrogen) atoms. The van der Waals surface area contributed by atoms with E-state index in [-0.39, 0.29) is 0 Å². The van der Waals surface area contributed by atoms with Gasteiger partial charge in [-0.3, -0.25) is 4.79 Å². The lowest BCUT2D eigenvalue weighted by Crippen LogP contribution is -2.25. The molecule has 1 heterocycles. The Morgan fingerprint density at radius 3 is 2.65 bits per heavy atom. The van der Waals surface area contributed by atoms with Crippen molar-refractivity contribution in [2.24, 2.45) is 5.92 Å². The van der Waals surface area contributed by atoms with E-state index in [2.05, 4.69) is 34.1 Å². The maximum Gasteiger partial charge on any atom is 0.186 e. The quantitative estimate of drug-likeness (QED) is 0.681. The highest BCUT2D eigenvalue weighted by molar-refractivity contribution is 7.15. The second kappa shape index (κ2) is 7.73. The molecule has 2 aromatic rings. The first-order valence-corrected chi connectivity index (χ1v) is 9.29. The molecule has 0 unspecified atom stereocenters. The molecule has 122 valence electrons. The number of thiazole rings is 1. The number of rotatable bonds is 7. The second-order valence-electron chi connectivity index (χ2n) is 6.40. The highest BCUT2D eigenvalue weighted by Crippen LogP contribution is 2.30. The molecule has 0 radical (unpaired) electrons. The number of carbonyl (C=O) groups is 1. The maximum atomic E-state index is 11.1. The fourth-order valence-electron chi connectivity index (χ4n) is 3.32. The zero-order valence-electron chi connectivity index (χ0n) is 13.7. The van der Waals surface area contributed by atoms with Crippen molar-refractivity contribution in [2.45, 2.75) is 45.6 Å². The van der Waals surface area contributed by atoms with Crippen LogP contribution in [0.25, 0.3) is 0 Å². The number of benzene rings is 1. The van der Waals surface area contributed by atoms with Gasteiger partial charge in [-0.25, -0.2) is 4.98 Å². The van der Waals surface area contributed by atoms with Crippen LogP contribution in [-0.4, -0.2) is 17.8 Å². The van der Waals surface area contributed by atoms with Crippen LogP contribution in [0, 0.1) is 12.8 Å². The fraction of sp³-hybridized carbons (Fsp3) is 0.474. The average Bonchev–Trinajstić information content (AvgIpc) is 3.21. The molecule has 0 amide bonds. The minimum atomic E-state index is 0.587. The van der Waals surface area contributed by atoms with Gasteiger partial charge in [-0.2, -0.15) is 0 Å². The van der Waals surface area contributed by atoms with Crippen molar-refractivity contribution in [1.82, 2.24) is 4.98 Å². The number of aryl methyl sites for hydroxylation is 1. The summed E-state index contributed by atoms with van der Waals surface area (Å²) in [7, 11) is 0. The third-order valence-corrected chi connectivity index (χ3v) is 5.75. The minimum Gasteiger partial charge on any atom is -0.344 e. The average molecular weight is 328 g/mol. The van der Waals surface area contributed by atoms with E-state index in [4.69, 9.17) is 0 Å². The second-order valence-corrected chi connectivity index (χ2v) is 7.58. The highest BCUT2D eigenvalue weighted by atomic mass is 32.1. The van der Waals surface area contributed by atoms with Crippen LogP contribution in [-0.2, 0) is 6.54 Å². The summed E-state index contributed by atoms with van der Waals surface area (Å²) in [6.45, 7) is 3.85. The Balaban J connectivity index is 1.75. The Bertz CT molecular complexity index is 632. The summed E-state index contributed by atoms with van der Waals surface area (Å²) in [5.74, 6) is 0.861. The van der Waals surface area contributed by atoms with Crippen molar-refractivity contribution >= 4 is 22.8 Å². The number of anilines is 1. The van der Waals surface area contributed by atoms with E-state index in [9.17, 15) is 4.79 Å². The van der Waals surface area contributed by atoms with E-state index >= 15 is 0 Å². The van der Waals surface area contributed by atoms with Crippen LogP contribution in [0.3, 0.4) is 0 Å². The van der Waals surface area contributed by atoms with Crippen molar-refractivity contribution < 1.29 is 4.79 Å². The number of carbonyl (C=O) groups excluding carboxylic acids is 1. The number of hydrogen-bond donors (Lipinski definition) is 0. The van der Waals surface area contributed by atoms with Crippen LogP contribution in [0.4, 0.5) is 5.13 Å². The topological polar surface area (TPSA) is 33.2 Å². The molecule has 1 aromatic carbocycles.